The maximum atomic E-state index is 13.7. The van der Waals surface area contributed by atoms with E-state index in [9.17, 15) is 53.4 Å². The van der Waals surface area contributed by atoms with Gasteiger partial charge in [0.15, 0.2) is 23.1 Å². The fraction of sp³-hybridized carbons (Fsp3) is 0.105. The number of hydrogen-bond acceptors (Lipinski definition) is 12. The van der Waals surface area contributed by atoms with Crippen LogP contribution in [-0.4, -0.2) is 71.2 Å². The van der Waals surface area contributed by atoms with Gasteiger partial charge in [0.2, 0.25) is 0 Å². The molecule has 0 unspecified atom stereocenters. The van der Waals surface area contributed by atoms with Crippen molar-refractivity contribution in [1.29, 1.82) is 0 Å². The number of carboxylic acid groups (broad SMARTS) is 2. The first-order valence-electron chi connectivity index (χ1n) is 22.2. The van der Waals surface area contributed by atoms with Gasteiger partial charge in [-0.1, -0.05) is 78.9 Å². The summed E-state index contributed by atoms with van der Waals surface area (Å²) in [6.07, 6.45) is 0.871. The Morgan fingerprint density at radius 1 is 0.458 bits per heavy atom. The molecule has 7 aromatic carbocycles. The van der Waals surface area contributed by atoms with Crippen molar-refractivity contribution >= 4 is 65.3 Å². The van der Waals surface area contributed by atoms with Gasteiger partial charge in [-0.2, -0.15) is 0 Å². The Bertz CT molecular complexity index is 3270. The van der Waals surface area contributed by atoms with Gasteiger partial charge in [-0.05, 0) is 120 Å². The van der Waals surface area contributed by atoms with E-state index in [0.29, 0.717) is 29.7 Å². The maximum Gasteiger partial charge on any atom is 0.336 e. The van der Waals surface area contributed by atoms with E-state index in [4.69, 9.17) is 9.47 Å². The largest absolute Gasteiger partial charge is 0.478 e. The van der Waals surface area contributed by atoms with Crippen LogP contribution in [0.15, 0.2) is 146 Å². The molecule has 0 radical (unpaired) electrons. The van der Waals surface area contributed by atoms with Gasteiger partial charge in [0.05, 0.1) is 27.8 Å². The highest BCUT2D eigenvalue weighted by atomic mass is 16.5. The smallest absolute Gasteiger partial charge is 0.336 e. The molecule has 0 aliphatic heterocycles. The highest BCUT2D eigenvalue weighted by molar-refractivity contribution is 6.15. The quantitative estimate of drug-likeness (QED) is 0.0367. The number of amides is 1. The summed E-state index contributed by atoms with van der Waals surface area (Å²) in [4.78, 5) is 113. The van der Waals surface area contributed by atoms with Gasteiger partial charge >= 0.3 is 11.9 Å². The molecule has 0 atom stereocenters. The lowest BCUT2D eigenvalue weighted by atomic mass is 9.94. The van der Waals surface area contributed by atoms with E-state index in [1.807, 2.05) is 55.6 Å². The van der Waals surface area contributed by atoms with Crippen molar-refractivity contribution in [2.45, 2.75) is 32.6 Å². The number of carbonyl (C=O) groups is 9. The van der Waals surface area contributed by atoms with Crippen molar-refractivity contribution in [1.82, 2.24) is 0 Å². The Balaban J connectivity index is 0.999. The number of rotatable bonds is 22. The SMILES string of the molecule is CNc1ccc(Cc2ccc(CC(=O)c3cc(C(=O)Nc4ccc(Cc5ccc(CC(=O)c6cc(C(=O)c7ccc(C(=O)O)c(C(C)=O)c7)ccc6OC=O)cc5)cc4)c(C(=O)O)cc3OC=O)cc2)cc1. The molecular weight excluding hydrogens is 921 g/mol. The molecular formula is C57H44N2O13. The number of carbonyl (C=O) groups excluding carboxylic acids is 7. The highest BCUT2D eigenvalue weighted by Crippen LogP contribution is 2.29. The molecule has 7 rings (SSSR count). The van der Waals surface area contributed by atoms with Gasteiger partial charge in [-0.15, -0.1) is 0 Å². The normalized spacial score (nSPS) is 10.6. The van der Waals surface area contributed by atoms with E-state index in [2.05, 4.69) is 10.6 Å². The van der Waals surface area contributed by atoms with Crippen molar-refractivity contribution in [2.24, 2.45) is 0 Å². The van der Waals surface area contributed by atoms with Crippen LogP contribution < -0.4 is 20.1 Å². The average Bonchev–Trinajstić information content (AvgIpc) is 3.37. The lowest BCUT2D eigenvalue weighted by Gasteiger charge is -2.14. The molecule has 0 saturated carbocycles. The van der Waals surface area contributed by atoms with Gasteiger partial charge in [-0.3, -0.25) is 33.6 Å². The Hall–Kier alpha value is -9.63. The number of carboxylic acids is 2. The van der Waals surface area contributed by atoms with E-state index in [1.165, 1.54) is 37.3 Å². The van der Waals surface area contributed by atoms with Crippen LogP contribution in [0.2, 0.25) is 0 Å². The van der Waals surface area contributed by atoms with Crippen molar-refractivity contribution in [3.63, 3.8) is 0 Å². The molecule has 1 amide bonds. The first-order chi connectivity index (χ1) is 34.6. The topological polar surface area (TPSA) is 237 Å². The number of anilines is 2. The number of hydrogen-bond donors (Lipinski definition) is 4. The van der Waals surface area contributed by atoms with Crippen LogP contribution >= 0.6 is 0 Å². The minimum absolute atomic E-state index is 0.0203. The zero-order chi connectivity index (χ0) is 51.5. The number of benzene rings is 7. The summed E-state index contributed by atoms with van der Waals surface area (Å²) in [5, 5.41) is 25.3. The Kier molecular flexibility index (Phi) is 15.8. The number of ether oxygens (including phenoxy) is 2. The summed E-state index contributed by atoms with van der Waals surface area (Å²) >= 11 is 0. The minimum atomic E-state index is -1.48. The van der Waals surface area contributed by atoms with E-state index in [-0.39, 0.29) is 76.2 Å². The standard InChI is InChI=1S/C57H44N2O13/c1-33(62)45-27-40(15-21-44(45)56(67)68)54(65)41-16-22-52(71-31-60)48(28-41)50(63)25-38-7-3-35(4-8-38)24-37-13-19-43(20-14-37)59-55(66)46-29-49(53(72-32-61)30-47(46)57(69)70)51(64)26-39-9-5-34(6-10-39)23-36-11-17-42(58-2)18-12-36/h3-22,27-32,58H,23-26H2,1-2H3,(H,59,66)(H,67,68)(H,69,70). The second kappa shape index (κ2) is 22.7. The predicted molar refractivity (Wildman–Crippen MR) is 265 cm³/mol. The molecule has 0 fully saturated rings. The van der Waals surface area contributed by atoms with Gasteiger partial charge in [0.1, 0.15) is 11.5 Å². The Morgan fingerprint density at radius 2 is 0.889 bits per heavy atom. The van der Waals surface area contributed by atoms with Crippen LogP contribution in [0.3, 0.4) is 0 Å². The maximum absolute atomic E-state index is 13.7. The molecule has 0 bridgehead atoms. The van der Waals surface area contributed by atoms with E-state index < -0.39 is 46.5 Å². The number of nitrogens with one attached hydrogen (secondary N) is 2. The van der Waals surface area contributed by atoms with Crippen LogP contribution in [0.25, 0.3) is 0 Å². The van der Waals surface area contributed by atoms with Crippen molar-refractivity contribution in [3.05, 3.63) is 223 Å². The van der Waals surface area contributed by atoms with Crippen LogP contribution in [0, 0.1) is 0 Å². The summed E-state index contributed by atoms with van der Waals surface area (Å²) in [6, 6.07) is 39.0. The molecule has 0 spiro atoms. The fourth-order valence-electron chi connectivity index (χ4n) is 7.96. The summed E-state index contributed by atoms with van der Waals surface area (Å²) in [5.41, 5.74) is 5.07. The van der Waals surface area contributed by atoms with E-state index >= 15 is 0 Å². The molecule has 0 saturated heterocycles. The van der Waals surface area contributed by atoms with Gasteiger partial charge in [0, 0.05) is 48.0 Å². The molecule has 0 aromatic heterocycles. The number of aromatic carboxylic acids is 2. The first kappa shape index (κ1) is 50.3. The van der Waals surface area contributed by atoms with Crippen molar-refractivity contribution in [3.8, 4) is 11.5 Å². The predicted octanol–water partition coefficient (Wildman–Crippen LogP) is 8.91. The van der Waals surface area contributed by atoms with Gasteiger partial charge in [-0.25, -0.2) is 9.59 Å². The zero-order valence-corrected chi connectivity index (χ0v) is 38.7. The lowest BCUT2D eigenvalue weighted by molar-refractivity contribution is -0.121. The number of Topliss-reactive ketones (excluding diaryl/α,β-unsaturated/α-hetero) is 3. The zero-order valence-electron chi connectivity index (χ0n) is 38.7. The van der Waals surface area contributed by atoms with Crippen LogP contribution in [-0.2, 0) is 35.3 Å². The molecule has 4 N–H and O–H groups in total. The van der Waals surface area contributed by atoms with Gasteiger partial charge in [0.25, 0.3) is 18.9 Å². The molecule has 7 aromatic rings. The molecule has 72 heavy (non-hydrogen) atoms. The fourth-order valence-corrected chi connectivity index (χ4v) is 7.96. The highest BCUT2D eigenvalue weighted by Gasteiger charge is 2.25. The molecule has 0 aliphatic carbocycles. The summed E-state index contributed by atoms with van der Waals surface area (Å²) in [7, 11) is 1.85. The Morgan fingerprint density at radius 3 is 1.36 bits per heavy atom. The summed E-state index contributed by atoms with van der Waals surface area (Å²) in [5.74, 6) is -6.12. The molecule has 0 aliphatic rings. The third kappa shape index (κ3) is 12.1. The van der Waals surface area contributed by atoms with Gasteiger partial charge < -0.3 is 30.3 Å². The Labute approximate surface area is 412 Å². The first-order valence-corrected chi connectivity index (χ1v) is 22.2. The molecule has 15 heteroatoms. The van der Waals surface area contributed by atoms with Crippen LogP contribution in [0.1, 0.15) is 118 Å². The average molecular weight is 965 g/mol. The summed E-state index contributed by atoms with van der Waals surface area (Å²) in [6.45, 7) is 1.41. The second-order valence-corrected chi connectivity index (χ2v) is 16.6. The third-order valence-corrected chi connectivity index (χ3v) is 11.7. The monoisotopic (exact) mass is 964 g/mol. The molecule has 360 valence electrons. The van der Waals surface area contributed by atoms with E-state index in [0.717, 1.165) is 46.1 Å². The third-order valence-electron chi connectivity index (χ3n) is 11.7. The minimum Gasteiger partial charge on any atom is -0.478 e. The second-order valence-electron chi connectivity index (χ2n) is 16.6. The lowest BCUT2D eigenvalue weighted by Crippen LogP contribution is -2.19. The van der Waals surface area contributed by atoms with E-state index in [1.54, 1.807) is 48.5 Å². The van der Waals surface area contributed by atoms with Crippen molar-refractivity contribution < 1.29 is 62.8 Å². The van der Waals surface area contributed by atoms with Crippen LogP contribution in [0.5, 0.6) is 11.5 Å². The van der Waals surface area contributed by atoms with Crippen LogP contribution in [0.4, 0.5) is 11.4 Å². The molecule has 15 nitrogen and oxygen atoms in total. The van der Waals surface area contributed by atoms with Crippen molar-refractivity contribution in [2.75, 3.05) is 17.7 Å². The molecule has 0 heterocycles. The number of ketones is 4. The summed E-state index contributed by atoms with van der Waals surface area (Å²) < 4.78 is 10.1.